The molecule has 0 aromatic rings. The fraction of sp³-hybridized carbons (Fsp3) is 0.933. The SMILES string of the molecule is CC(C1CCNCC1)C1CN(C(=O)OC(C)(C)C)C1. The molecule has 110 valence electrons. The monoisotopic (exact) mass is 268 g/mol. The maximum absolute atomic E-state index is 11.9. The second-order valence-electron chi connectivity index (χ2n) is 7.09. The highest BCUT2D eigenvalue weighted by Crippen LogP contribution is 2.33. The van der Waals surface area contributed by atoms with E-state index in [0.29, 0.717) is 5.92 Å². The average molecular weight is 268 g/mol. The number of carbonyl (C=O) groups is 1. The van der Waals surface area contributed by atoms with E-state index in [1.165, 1.54) is 12.8 Å². The van der Waals surface area contributed by atoms with E-state index in [-0.39, 0.29) is 11.7 Å². The zero-order chi connectivity index (χ0) is 14.0. The Morgan fingerprint density at radius 1 is 1.21 bits per heavy atom. The van der Waals surface area contributed by atoms with E-state index in [9.17, 15) is 4.79 Å². The molecule has 0 radical (unpaired) electrons. The Kier molecular flexibility index (Phi) is 4.39. The predicted molar refractivity (Wildman–Crippen MR) is 76.1 cm³/mol. The third kappa shape index (κ3) is 3.85. The third-order valence-electron chi connectivity index (χ3n) is 4.43. The molecule has 0 aliphatic carbocycles. The molecule has 4 heteroatoms. The summed E-state index contributed by atoms with van der Waals surface area (Å²) in [5.41, 5.74) is -0.386. The number of rotatable bonds is 2. The maximum atomic E-state index is 11.9. The summed E-state index contributed by atoms with van der Waals surface area (Å²) in [5, 5.41) is 3.41. The molecule has 2 aliphatic heterocycles. The van der Waals surface area contributed by atoms with Crippen molar-refractivity contribution in [3.8, 4) is 0 Å². The summed E-state index contributed by atoms with van der Waals surface area (Å²) >= 11 is 0. The lowest BCUT2D eigenvalue weighted by Crippen LogP contribution is -2.55. The number of amides is 1. The van der Waals surface area contributed by atoms with Gasteiger partial charge in [-0.1, -0.05) is 6.92 Å². The molecule has 1 amide bonds. The van der Waals surface area contributed by atoms with Crippen LogP contribution in [0, 0.1) is 17.8 Å². The lowest BCUT2D eigenvalue weighted by Gasteiger charge is -2.45. The number of nitrogens with zero attached hydrogens (tertiary/aromatic N) is 1. The van der Waals surface area contributed by atoms with Crippen molar-refractivity contribution in [2.24, 2.45) is 17.8 Å². The van der Waals surface area contributed by atoms with Crippen LogP contribution in [0.25, 0.3) is 0 Å². The van der Waals surface area contributed by atoms with Crippen LogP contribution >= 0.6 is 0 Å². The number of hydrogen-bond acceptors (Lipinski definition) is 3. The van der Waals surface area contributed by atoms with Crippen LogP contribution in [0.1, 0.15) is 40.5 Å². The molecule has 2 saturated heterocycles. The van der Waals surface area contributed by atoms with Crippen LogP contribution in [-0.4, -0.2) is 42.8 Å². The Bertz CT molecular complexity index is 313. The van der Waals surface area contributed by atoms with Gasteiger partial charge < -0.3 is 15.0 Å². The van der Waals surface area contributed by atoms with Crippen LogP contribution < -0.4 is 5.32 Å². The Morgan fingerprint density at radius 3 is 2.32 bits per heavy atom. The summed E-state index contributed by atoms with van der Waals surface area (Å²) in [5.74, 6) is 2.21. The lowest BCUT2D eigenvalue weighted by atomic mass is 9.75. The molecule has 1 unspecified atom stereocenters. The Hall–Kier alpha value is -0.770. The van der Waals surface area contributed by atoms with Gasteiger partial charge in [0.15, 0.2) is 0 Å². The lowest BCUT2D eigenvalue weighted by molar-refractivity contribution is -0.0166. The Morgan fingerprint density at radius 2 is 1.79 bits per heavy atom. The quantitative estimate of drug-likeness (QED) is 0.836. The number of piperidine rings is 1. The minimum Gasteiger partial charge on any atom is -0.444 e. The van der Waals surface area contributed by atoms with Gasteiger partial charge in [-0.2, -0.15) is 0 Å². The third-order valence-corrected chi connectivity index (χ3v) is 4.43. The summed E-state index contributed by atoms with van der Waals surface area (Å²) in [4.78, 5) is 13.7. The predicted octanol–water partition coefficient (Wildman–Crippen LogP) is 2.49. The van der Waals surface area contributed by atoms with Gasteiger partial charge in [0.2, 0.25) is 0 Å². The van der Waals surface area contributed by atoms with Gasteiger partial charge in [-0.15, -0.1) is 0 Å². The first-order valence-electron chi connectivity index (χ1n) is 7.55. The molecule has 2 aliphatic rings. The normalized spacial score (nSPS) is 23.9. The van der Waals surface area contributed by atoms with Crippen LogP contribution in [0.3, 0.4) is 0 Å². The van der Waals surface area contributed by atoms with E-state index in [1.807, 2.05) is 25.7 Å². The minimum atomic E-state index is -0.386. The number of nitrogens with one attached hydrogen (secondary N) is 1. The second kappa shape index (κ2) is 5.70. The van der Waals surface area contributed by atoms with Crippen molar-refractivity contribution in [2.75, 3.05) is 26.2 Å². The van der Waals surface area contributed by atoms with Gasteiger partial charge in [0.05, 0.1) is 0 Å². The molecule has 1 N–H and O–H groups in total. The fourth-order valence-corrected chi connectivity index (χ4v) is 3.08. The molecule has 2 rings (SSSR count). The highest BCUT2D eigenvalue weighted by atomic mass is 16.6. The first-order chi connectivity index (χ1) is 8.87. The Balaban J connectivity index is 1.74. The van der Waals surface area contributed by atoms with Gasteiger partial charge in [-0.25, -0.2) is 4.79 Å². The van der Waals surface area contributed by atoms with E-state index < -0.39 is 0 Å². The van der Waals surface area contributed by atoms with Gasteiger partial charge in [0.1, 0.15) is 5.60 Å². The maximum Gasteiger partial charge on any atom is 0.410 e. The molecule has 19 heavy (non-hydrogen) atoms. The molecule has 0 aromatic heterocycles. The van der Waals surface area contributed by atoms with Gasteiger partial charge in [-0.3, -0.25) is 0 Å². The van der Waals surface area contributed by atoms with Gasteiger partial charge in [0.25, 0.3) is 0 Å². The van der Waals surface area contributed by atoms with Crippen molar-refractivity contribution in [1.82, 2.24) is 10.2 Å². The van der Waals surface area contributed by atoms with E-state index in [0.717, 1.165) is 38.0 Å². The highest BCUT2D eigenvalue weighted by Gasteiger charge is 2.39. The fourth-order valence-electron chi connectivity index (χ4n) is 3.08. The van der Waals surface area contributed by atoms with Crippen molar-refractivity contribution in [1.29, 1.82) is 0 Å². The number of ether oxygens (including phenoxy) is 1. The van der Waals surface area contributed by atoms with E-state index in [4.69, 9.17) is 4.74 Å². The molecule has 4 nitrogen and oxygen atoms in total. The molecular weight excluding hydrogens is 240 g/mol. The topological polar surface area (TPSA) is 41.6 Å². The smallest absolute Gasteiger partial charge is 0.410 e. The average Bonchev–Trinajstić information content (AvgIpc) is 2.25. The number of likely N-dealkylation sites (tertiary alicyclic amines) is 1. The number of hydrogen-bond donors (Lipinski definition) is 1. The van der Waals surface area contributed by atoms with Crippen molar-refractivity contribution < 1.29 is 9.53 Å². The van der Waals surface area contributed by atoms with Crippen LogP contribution in [0.15, 0.2) is 0 Å². The van der Waals surface area contributed by atoms with Gasteiger partial charge in [0, 0.05) is 13.1 Å². The highest BCUT2D eigenvalue weighted by molar-refractivity contribution is 5.69. The molecule has 0 saturated carbocycles. The molecule has 0 bridgehead atoms. The van der Waals surface area contributed by atoms with Gasteiger partial charge >= 0.3 is 6.09 Å². The van der Waals surface area contributed by atoms with Crippen molar-refractivity contribution >= 4 is 6.09 Å². The van der Waals surface area contributed by atoms with Crippen molar-refractivity contribution in [2.45, 2.75) is 46.1 Å². The second-order valence-corrected chi connectivity index (χ2v) is 7.09. The number of carbonyl (C=O) groups excluding carboxylic acids is 1. The van der Waals surface area contributed by atoms with Crippen LogP contribution in [0.2, 0.25) is 0 Å². The van der Waals surface area contributed by atoms with Crippen molar-refractivity contribution in [3.05, 3.63) is 0 Å². The summed E-state index contributed by atoms with van der Waals surface area (Å²) in [6.07, 6.45) is 2.41. The van der Waals surface area contributed by atoms with E-state index >= 15 is 0 Å². The largest absolute Gasteiger partial charge is 0.444 e. The molecule has 2 fully saturated rings. The van der Waals surface area contributed by atoms with Gasteiger partial charge in [-0.05, 0) is 64.5 Å². The van der Waals surface area contributed by atoms with E-state index in [1.54, 1.807) is 0 Å². The minimum absolute atomic E-state index is 0.152. The van der Waals surface area contributed by atoms with E-state index in [2.05, 4.69) is 12.2 Å². The zero-order valence-electron chi connectivity index (χ0n) is 12.7. The summed E-state index contributed by atoms with van der Waals surface area (Å²) in [7, 11) is 0. The summed E-state index contributed by atoms with van der Waals surface area (Å²) < 4.78 is 5.39. The molecular formula is C15H28N2O2. The summed E-state index contributed by atoms with van der Waals surface area (Å²) in [6.45, 7) is 12.2. The van der Waals surface area contributed by atoms with Crippen LogP contribution in [-0.2, 0) is 4.74 Å². The molecule has 2 heterocycles. The first kappa shape index (κ1) is 14.6. The van der Waals surface area contributed by atoms with Crippen LogP contribution in [0.4, 0.5) is 4.79 Å². The molecule has 0 spiro atoms. The van der Waals surface area contributed by atoms with Crippen molar-refractivity contribution in [3.63, 3.8) is 0 Å². The van der Waals surface area contributed by atoms with Crippen LogP contribution in [0.5, 0.6) is 0 Å². The first-order valence-corrected chi connectivity index (χ1v) is 7.55. The molecule has 1 atom stereocenters. The molecule has 0 aromatic carbocycles. The standard InChI is InChI=1S/C15H28N2O2/c1-11(12-5-7-16-8-6-12)13-9-17(10-13)14(18)19-15(2,3)4/h11-13,16H,5-10H2,1-4H3. The Labute approximate surface area is 116 Å². The zero-order valence-corrected chi connectivity index (χ0v) is 12.7. The summed E-state index contributed by atoms with van der Waals surface area (Å²) in [6, 6.07) is 0.